The summed E-state index contributed by atoms with van der Waals surface area (Å²) >= 11 is 0. The average Bonchev–Trinajstić information content (AvgIpc) is 2.73. The monoisotopic (exact) mass is 208 g/mol. The van der Waals surface area contributed by atoms with Crippen LogP contribution in [0, 0.1) is 13.8 Å². The van der Waals surface area contributed by atoms with Crippen molar-refractivity contribution >= 4 is 0 Å². The summed E-state index contributed by atoms with van der Waals surface area (Å²) < 4.78 is 5.26. The molecule has 0 saturated carbocycles. The second-order valence-electron chi connectivity index (χ2n) is 4.73. The zero-order valence-electron chi connectivity index (χ0n) is 10.1. The standard InChI is InChI=1S/C12H20N2O/c1-8(2)14-7-5-6-11(14)12-9(3)13-15-10(12)4/h8,11H,5-7H2,1-4H3. The van der Waals surface area contributed by atoms with Gasteiger partial charge >= 0.3 is 0 Å². The largest absolute Gasteiger partial charge is 0.361 e. The molecule has 1 aliphatic rings. The van der Waals surface area contributed by atoms with Crippen molar-refractivity contribution in [3.05, 3.63) is 17.0 Å². The summed E-state index contributed by atoms with van der Waals surface area (Å²) in [7, 11) is 0. The van der Waals surface area contributed by atoms with Gasteiger partial charge in [0.25, 0.3) is 0 Å². The highest BCUT2D eigenvalue weighted by Crippen LogP contribution is 2.36. The van der Waals surface area contributed by atoms with Gasteiger partial charge < -0.3 is 4.52 Å². The number of nitrogens with zero attached hydrogens (tertiary/aromatic N) is 2. The Kier molecular flexibility index (Phi) is 2.83. The number of hydrogen-bond acceptors (Lipinski definition) is 3. The van der Waals surface area contributed by atoms with Crippen LogP contribution >= 0.6 is 0 Å². The maximum absolute atomic E-state index is 5.26. The number of likely N-dealkylation sites (tertiary alicyclic amines) is 1. The molecule has 0 radical (unpaired) electrons. The predicted octanol–water partition coefficient (Wildman–Crippen LogP) is 2.84. The van der Waals surface area contributed by atoms with Crippen LogP contribution in [0.2, 0.25) is 0 Å². The molecule has 1 aliphatic heterocycles. The quantitative estimate of drug-likeness (QED) is 0.748. The minimum Gasteiger partial charge on any atom is -0.361 e. The first-order chi connectivity index (χ1) is 7.11. The lowest BCUT2D eigenvalue weighted by Gasteiger charge is -2.28. The Morgan fingerprint density at radius 3 is 2.67 bits per heavy atom. The second kappa shape index (κ2) is 3.97. The molecule has 1 atom stereocenters. The van der Waals surface area contributed by atoms with Gasteiger partial charge in [0.2, 0.25) is 0 Å². The van der Waals surface area contributed by atoms with Crippen molar-refractivity contribution in [2.75, 3.05) is 6.54 Å². The Balaban J connectivity index is 2.30. The molecule has 0 N–H and O–H groups in total. The minimum atomic E-state index is 0.524. The lowest BCUT2D eigenvalue weighted by Crippen LogP contribution is -2.30. The molecular weight excluding hydrogens is 188 g/mol. The van der Waals surface area contributed by atoms with Gasteiger partial charge in [-0.3, -0.25) is 4.90 Å². The van der Waals surface area contributed by atoms with Crippen LogP contribution in [-0.2, 0) is 0 Å². The van der Waals surface area contributed by atoms with E-state index in [1.807, 2.05) is 13.8 Å². The zero-order valence-corrected chi connectivity index (χ0v) is 10.1. The van der Waals surface area contributed by atoms with E-state index in [1.165, 1.54) is 24.9 Å². The molecule has 0 bridgehead atoms. The Morgan fingerprint density at radius 1 is 1.40 bits per heavy atom. The topological polar surface area (TPSA) is 29.3 Å². The van der Waals surface area contributed by atoms with Crippen molar-refractivity contribution in [1.29, 1.82) is 0 Å². The van der Waals surface area contributed by atoms with Crippen LogP contribution in [0.5, 0.6) is 0 Å². The third kappa shape index (κ3) is 1.81. The summed E-state index contributed by atoms with van der Waals surface area (Å²) in [5.74, 6) is 0.991. The molecule has 15 heavy (non-hydrogen) atoms. The van der Waals surface area contributed by atoms with Crippen LogP contribution in [0.25, 0.3) is 0 Å². The Morgan fingerprint density at radius 2 is 2.13 bits per heavy atom. The molecule has 3 nitrogen and oxygen atoms in total. The van der Waals surface area contributed by atoms with Crippen LogP contribution < -0.4 is 0 Å². The molecule has 0 aliphatic carbocycles. The lowest BCUT2D eigenvalue weighted by atomic mass is 10.0. The van der Waals surface area contributed by atoms with E-state index in [2.05, 4.69) is 23.9 Å². The molecule has 0 amide bonds. The van der Waals surface area contributed by atoms with Crippen molar-refractivity contribution in [3.8, 4) is 0 Å². The molecular formula is C12H20N2O. The van der Waals surface area contributed by atoms with E-state index in [4.69, 9.17) is 4.52 Å². The smallest absolute Gasteiger partial charge is 0.138 e. The molecule has 2 rings (SSSR count). The second-order valence-corrected chi connectivity index (χ2v) is 4.73. The fourth-order valence-electron chi connectivity index (χ4n) is 2.68. The summed E-state index contributed by atoms with van der Waals surface area (Å²) in [5, 5.41) is 4.05. The van der Waals surface area contributed by atoms with Crippen LogP contribution in [0.1, 0.15) is 49.7 Å². The van der Waals surface area contributed by atoms with Crippen LogP contribution in [-0.4, -0.2) is 22.6 Å². The van der Waals surface area contributed by atoms with Crippen LogP contribution in [0.15, 0.2) is 4.52 Å². The van der Waals surface area contributed by atoms with Gasteiger partial charge in [-0.2, -0.15) is 0 Å². The highest BCUT2D eigenvalue weighted by atomic mass is 16.5. The Labute approximate surface area is 91.4 Å². The first-order valence-corrected chi connectivity index (χ1v) is 5.79. The predicted molar refractivity (Wildman–Crippen MR) is 59.8 cm³/mol. The van der Waals surface area contributed by atoms with Gasteiger partial charge in [-0.15, -0.1) is 0 Å². The first-order valence-electron chi connectivity index (χ1n) is 5.79. The van der Waals surface area contributed by atoms with Crippen molar-refractivity contribution in [3.63, 3.8) is 0 Å². The Bertz CT molecular complexity index is 324. The number of aromatic nitrogens is 1. The maximum atomic E-state index is 5.26. The molecule has 0 spiro atoms. The van der Waals surface area contributed by atoms with Gasteiger partial charge in [0.1, 0.15) is 5.76 Å². The fourth-order valence-corrected chi connectivity index (χ4v) is 2.68. The van der Waals surface area contributed by atoms with E-state index < -0.39 is 0 Å². The highest BCUT2D eigenvalue weighted by molar-refractivity contribution is 5.26. The summed E-state index contributed by atoms with van der Waals surface area (Å²) in [4.78, 5) is 2.55. The van der Waals surface area contributed by atoms with E-state index >= 15 is 0 Å². The molecule has 0 aromatic carbocycles. The van der Waals surface area contributed by atoms with Crippen molar-refractivity contribution in [1.82, 2.24) is 10.1 Å². The van der Waals surface area contributed by atoms with E-state index in [1.54, 1.807) is 0 Å². The SMILES string of the molecule is Cc1noc(C)c1C1CCCN1C(C)C. The van der Waals surface area contributed by atoms with Gasteiger partial charge in [0.05, 0.1) is 5.69 Å². The van der Waals surface area contributed by atoms with Gasteiger partial charge in [0.15, 0.2) is 0 Å². The van der Waals surface area contributed by atoms with E-state index in [9.17, 15) is 0 Å². The third-order valence-electron chi connectivity index (χ3n) is 3.38. The highest BCUT2D eigenvalue weighted by Gasteiger charge is 2.31. The van der Waals surface area contributed by atoms with Gasteiger partial charge in [-0.05, 0) is 47.1 Å². The van der Waals surface area contributed by atoms with Gasteiger partial charge in [-0.25, -0.2) is 0 Å². The fraction of sp³-hybridized carbons (Fsp3) is 0.750. The number of hydrogen-bond donors (Lipinski definition) is 0. The summed E-state index contributed by atoms with van der Waals surface area (Å²) in [5.41, 5.74) is 2.38. The molecule has 1 fully saturated rings. The van der Waals surface area contributed by atoms with Crippen LogP contribution in [0.3, 0.4) is 0 Å². The minimum absolute atomic E-state index is 0.524. The molecule has 84 valence electrons. The summed E-state index contributed by atoms with van der Waals surface area (Å²) in [6.45, 7) is 9.79. The number of aryl methyl sites for hydroxylation is 2. The van der Waals surface area contributed by atoms with E-state index in [0.717, 1.165) is 11.5 Å². The molecule has 1 aromatic heterocycles. The maximum Gasteiger partial charge on any atom is 0.138 e. The lowest BCUT2D eigenvalue weighted by molar-refractivity contribution is 0.203. The van der Waals surface area contributed by atoms with Gasteiger partial charge in [-0.1, -0.05) is 5.16 Å². The zero-order chi connectivity index (χ0) is 11.0. The molecule has 1 saturated heterocycles. The van der Waals surface area contributed by atoms with E-state index in [0.29, 0.717) is 12.1 Å². The number of rotatable bonds is 2. The van der Waals surface area contributed by atoms with Crippen molar-refractivity contribution < 1.29 is 4.52 Å². The first kappa shape index (κ1) is 10.7. The summed E-state index contributed by atoms with van der Waals surface area (Å²) in [6, 6.07) is 1.13. The van der Waals surface area contributed by atoms with Crippen molar-refractivity contribution in [2.24, 2.45) is 0 Å². The molecule has 1 aromatic rings. The third-order valence-corrected chi connectivity index (χ3v) is 3.38. The average molecular weight is 208 g/mol. The normalized spacial score (nSPS) is 22.9. The van der Waals surface area contributed by atoms with Crippen molar-refractivity contribution in [2.45, 2.75) is 52.6 Å². The Hall–Kier alpha value is -0.830. The van der Waals surface area contributed by atoms with Crippen LogP contribution in [0.4, 0.5) is 0 Å². The molecule has 2 heterocycles. The molecule has 3 heteroatoms. The summed E-state index contributed by atoms with van der Waals surface area (Å²) in [6.07, 6.45) is 2.52. The van der Waals surface area contributed by atoms with E-state index in [-0.39, 0.29) is 0 Å². The van der Waals surface area contributed by atoms with Gasteiger partial charge in [0, 0.05) is 17.6 Å². The molecule has 1 unspecified atom stereocenters.